The predicted octanol–water partition coefficient (Wildman–Crippen LogP) is 6.81. The highest BCUT2D eigenvalue weighted by Crippen LogP contribution is 2.35. The highest BCUT2D eigenvalue weighted by atomic mass is 32.2. The SMILES string of the molecule is CC[C@H](C)n1c(SCC(=O)c2cc(C)n(Cc3cccs3)c2C)nc2sc3c(c2c1=O)CCCC3. The summed E-state index contributed by atoms with van der Waals surface area (Å²) in [6.07, 6.45) is 5.17. The maximum absolute atomic E-state index is 13.7. The van der Waals surface area contributed by atoms with Crippen LogP contribution in [0.25, 0.3) is 10.2 Å². The molecule has 0 aromatic carbocycles. The van der Waals surface area contributed by atoms with Gasteiger partial charge in [-0.25, -0.2) is 4.98 Å². The third-order valence-electron chi connectivity index (χ3n) is 7.12. The molecule has 5 rings (SSSR count). The first-order valence-electron chi connectivity index (χ1n) is 12.3. The maximum atomic E-state index is 13.7. The van der Waals surface area contributed by atoms with Crippen LogP contribution >= 0.6 is 34.4 Å². The number of rotatable bonds is 8. The molecule has 0 amide bonds. The van der Waals surface area contributed by atoms with Crippen molar-refractivity contribution >= 4 is 50.4 Å². The molecule has 4 heterocycles. The summed E-state index contributed by atoms with van der Waals surface area (Å²) in [5.74, 6) is 0.346. The Bertz CT molecular complexity index is 1440. The maximum Gasteiger partial charge on any atom is 0.263 e. The van der Waals surface area contributed by atoms with Gasteiger partial charge in [-0.3, -0.25) is 14.2 Å². The van der Waals surface area contributed by atoms with Crippen molar-refractivity contribution in [2.45, 2.75) is 77.5 Å². The Balaban J connectivity index is 1.45. The van der Waals surface area contributed by atoms with Crippen molar-refractivity contribution in [2.24, 2.45) is 0 Å². The standard InChI is InChI=1S/C27H31N3O2S3/c1-5-16(2)30-26(32)24-20-10-6-7-11-23(20)35-25(24)28-27(30)34-15-22(31)21-13-17(3)29(18(21)4)14-19-9-8-12-33-19/h8-9,12-13,16H,5-7,10-11,14-15H2,1-4H3/t16-/m0/s1. The Morgan fingerprint density at radius 2 is 2.06 bits per heavy atom. The number of ketones is 1. The van der Waals surface area contributed by atoms with Crippen LogP contribution in [0, 0.1) is 13.8 Å². The molecule has 184 valence electrons. The zero-order chi connectivity index (χ0) is 24.7. The van der Waals surface area contributed by atoms with Gasteiger partial charge in [0.2, 0.25) is 0 Å². The van der Waals surface area contributed by atoms with E-state index in [4.69, 9.17) is 4.98 Å². The molecule has 0 bridgehead atoms. The van der Waals surface area contributed by atoms with Gasteiger partial charge in [0.1, 0.15) is 4.83 Å². The quantitative estimate of drug-likeness (QED) is 0.144. The lowest BCUT2D eigenvalue weighted by Crippen LogP contribution is -2.26. The molecule has 1 aliphatic rings. The largest absolute Gasteiger partial charge is 0.343 e. The third kappa shape index (κ3) is 4.56. The van der Waals surface area contributed by atoms with Crippen LogP contribution in [-0.4, -0.2) is 25.7 Å². The molecular weight excluding hydrogens is 495 g/mol. The molecule has 0 N–H and O–H groups in total. The Morgan fingerprint density at radius 3 is 2.80 bits per heavy atom. The van der Waals surface area contributed by atoms with Crippen LogP contribution in [0.5, 0.6) is 0 Å². The van der Waals surface area contributed by atoms with Crippen LogP contribution in [0.3, 0.4) is 0 Å². The molecule has 0 spiro atoms. The van der Waals surface area contributed by atoms with E-state index in [2.05, 4.69) is 42.9 Å². The number of hydrogen-bond acceptors (Lipinski definition) is 6. The van der Waals surface area contributed by atoms with E-state index in [9.17, 15) is 9.59 Å². The van der Waals surface area contributed by atoms with Crippen molar-refractivity contribution in [1.82, 2.24) is 14.1 Å². The van der Waals surface area contributed by atoms with Crippen molar-refractivity contribution in [3.63, 3.8) is 0 Å². The zero-order valence-corrected chi connectivity index (χ0v) is 23.2. The number of hydrogen-bond donors (Lipinski definition) is 0. The minimum absolute atomic E-state index is 0.0343. The molecule has 5 nitrogen and oxygen atoms in total. The van der Waals surface area contributed by atoms with Gasteiger partial charge in [0, 0.05) is 32.7 Å². The Morgan fingerprint density at radius 1 is 1.26 bits per heavy atom. The van der Waals surface area contributed by atoms with Crippen molar-refractivity contribution in [3.8, 4) is 0 Å². The summed E-state index contributed by atoms with van der Waals surface area (Å²) in [6.45, 7) is 9.02. The van der Waals surface area contributed by atoms with Crippen LogP contribution in [-0.2, 0) is 19.4 Å². The molecule has 1 atom stereocenters. The average molecular weight is 526 g/mol. The van der Waals surface area contributed by atoms with Gasteiger partial charge in [-0.1, -0.05) is 24.8 Å². The monoisotopic (exact) mass is 525 g/mol. The normalized spacial score (nSPS) is 14.4. The van der Waals surface area contributed by atoms with Crippen LogP contribution in [0.4, 0.5) is 0 Å². The molecule has 0 unspecified atom stereocenters. The Kier molecular flexibility index (Phi) is 7.06. The number of aryl methyl sites for hydroxylation is 3. The van der Waals surface area contributed by atoms with Crippen molar-refractivity contribution in [1.29, 1.82) is 0 Å². The molecule has 0 saturated carbocycles. The van der Waals surface area contributed by atoms with E-state index in [0.29, 0.717) is 5.16 Å². The molecule has 8 heteroatoms. The fraction of sp³-hybridized carbons (Fsp3) is 0.444. The summed E-state index contributed by atoms with van der Waals surface area (Å²) in [5, 5.41) is 3.56. The van der Waals surface area contributed by atoms with Gasteiger partial charge in [-0.2, -0.15) is 0 Å². The second-order valence-corrected chi connectivity index (χ2v) is 12.4. The van der Waals surface area contributed by atoms with Crippen LogP contribution in [0.15, 0.2) is 33.5 Å². The van der Waals surface area contributed by atoms with Crippen molar-refractivity contribution in [3.05, 3.63) is 66.2 Å². The molecule has 0 aliphatic heterocycles. The van der Waals surface area contributed by atoms with E-state index in [1.165, 1.54) is 33.5 Å². The van der Waals surface area contributed by atoms with E-state index >= 15 is 0 Å². The molecule has 0 saturated heterocycles. The topological polar surface area (TPSA) is 56.9 Å². The molecule has 1 aliphatic carbocycles. The summed E-state index contributed by atoms with van der Waals surface area (Å²) in [5.41, 5.74) is 4.13. The summed E-state index contributed by atoms with van der Waals surface area (Å²) >= 11 is 4.80. The first-order chi connectivity index (χ1) is 16.9. The molecule has 4 aromatic rings. The van der Waals surface area contributed by atoms with Gasteiger partial charge in [-0.05, 0) is 76.0 Å². The molecule has 0 radical (unpaired) electrons. The van der Waals surface area contributed by atoms with Crippen molar-refractivity contribution < 1.29 is 4.79 Å². The van der Waals surface area contributed by atoms with Gasteiger partial charge < -0.3 is 4.57 Å². The first kappa shape index (κ1) is 24.5. The predicted molar refractivity (Wildman–Crippen MR) is 148 cm³/mol. The number of thioether (sulfide) groups is 1. The Labute approximate surface area is 218 Å². The van der Waals surface area contributed by atoms with Gasteiger partial charge in [0.25, 0.3) is 5.56 Å². The number of aromatic nitrogens is 3. The Hall–Kier alpha value is -2.16. The zero-order valence-electron chi connectivity index (χ0n) is 20.7. The summed E-state index contributed by atoms with van der Waals surface area (Å²) in [4.78, 5) is 35.4. The molecule has 0 fully saturated rings. The molecule has 35 heavy (non-hydrogen) atoms. The van der Waals surface area contributed by atoms with Gasteiger partial charge in [0.15, 0.2) is 10.9 Å². The highest BCUT2D eigenvalue weighted by molar-refractivity contribution is 7.99. The van der Waals surface area contributed by atoms with Gasteiger partial charge in [0.05, 0.1) is 17.7 Å². The second kappa shape index (κ2) is 10.1. The van der Waals surface area contributed by atoms with Gasteiger partial charge in [-0.15, -0.1) is 22.7 Å². The van der Waals surface area contributed by atoms with E-state index in [-0.39, 0.29) is 23.1 Å². The highest BCUT2D eigenvalue weighted by Gasteiger charge is 2.24. The summed E-state index contributed by atoms with van der Waals surface area (Å²) < 4.78 is 4.04. The fourth-order valence-corrected chi connectivity index (χ4v) is 7.94. The minimum atomic E-state index is 0.0343. The minimum Gasteiger partial charge on any atom is -0.343 e. The average Bonchev–Trinajstić information content (AvgIpc) is 3.56. The number of thiophene rings is 2. The van der Waals surface area contributed by atoms with E-state index in [1.54, 1.807) is 22.7 Å². The fourth-order valence-electron chi connectivity index (χ4n) is 4.96. The third-order valence-corrected chi connectivity index (χ3v) is 10.1. The number of fused-ring (bicyclic) bond motifs is 3. The van der Waals surface area contributed by atoms with E-state index in [1.807, 2.05) is 17.6 Å². The van der Waals surface area contributed by atoms with Crippen LogP contribution in [0.1, 0.15) is 76.2 Å². The van der Waals surface area contributed by atoms with Crippen LogP contribution in [0.2, 0.25) is 0 Å². The van der Waals surface area contributed by atoms with Crippen LogP contribution < -0.4 is 5.56 Å². The smallest absolute Gasteiger partial charge is 0.263 e. The van der Waals surface area contributed by atoms with E-state index in [0.717, 1.165) is 59.4 Å². The first-order valence-corrected chi connectivity index (χ1v) is 15.0. The van der Waals surface area contributed by atoms with E-state index < -0.39 is 0 Å². The second-order valence-electron chi connectivity index (χ2n) is 9.38. The molecular formula is C27H31N3O2S3. The lowest BCUT2D eigenvalue weighted by molar-refractivity contribution is 0.102. The number of Topliss-reactive ketones (excluding diaryl/α,β-unsaturated/α-hetero) is 1. The lowest BCUT2D eigenvalue weighted by Gasteiger charge is -2.18. The number of nitrogens with zero attached hydrogens (tertiary/aromatic N) is 3. The lowest BCUT2D eigenvalue weighted by atomic mass is 9.97. The van der Waals surface area contributed by atoms with Crippen molar-refractivity contribution in [2.75, 3.05) is 5.75 Å². The molecule has 4 aromatic heterocycles. The van der Waals surface area contributed by atoms with Gasteiger partial charge >= 0.3 is 0 Å². The number of carbonyl (C=O) groups excluding carboxylic acids is 1. The number of carbonyl (C=O) groups is 1. The summed E-state index contributed by atoms with van der Waals surface area (Å²) in [6, 6.07) is 6.21. The summed E-state index contributed by atoms with van der Waals surface area (Å²) in [7, 11) is 0.